The minimum Gasteiger partial charge on any atom is -0.507 e. The lowest BCUT2D eigenvalue weighted by molar-refractivity contribution is -0.113. The molecule has 0 radical (unpaired) electrons. The van der Waals surface area contributed by atoms with Gasteiger partial charge in [-0.1, -0.05) is 57.5 Å². The molecule has 0 spiro atoms. The fourth-order valence-electron chi connectivity index (χ4n) is 3.38. The van der Waals surface area contributed by atoms with E-state index in [1.54, 1.807) is 18.2 Å². The molecule has 0 unspecified atom stereocenters. The fourth-order valence-corrected chi connectivity index (χ4v) is 4.87. The number of phenolic OH excluding ortho intramolecular Hbond substituents is 1. The van der Waals surface area contributed by atoms with Crippen LogP contribution in [0.25, 0.3) is 17.1 Å². The normalized spacial score (nSPS) is 10.9. The molecule has 2 N–H and O–H groups in total. The molecule has 4 rings (SSSR count). The lowest BCUT2D eigenvalue weighted by Gasteiger charge is -2.14. The highest BCUT2D eigenvalue weighted by molar-refractivity contribution is 9.10. The van der Waals surface area contributed by atoms with Gasteiger partial charge >= 0.3 is 0 Å². The number of nitrogens with one attached hydrogen (secondary N) is 1. The third-order valence-corrected chi connectivity index (χ3v) is 7.02. The predicted octanol–water partition coefficient (Wildman–Crippen LogP) is 6.51. The molecular formula is C24H20Br2N4O2S. The van der Waals surface area contributed by atoms with Crippen molar-refractivity contribution in [3.8, 4) is 22.8 Å². The minimum atomic E-state index is -0.158. The zero-order chi connectivity index (χ0) is 23.5. The highest BCUT2D eigenvalue weighted by atomic mass is 79.9. The van der Waals surface area contributed by atoms with Gasteiger partial charge in [0.05, 0.1) is 22.7 Å². The third kappa shape index (κ3) is 5.31. The van der Waals surface area contributed by atoms with Gasteiger partial charge in [0.2, 0.25) is 5.91 Å². The number of hydrogen-bond acceptors (Lipinski definition) is 5. The van der Waals surface area contributed by atoms with Gasteiger partial charge in [-0.25, -0.2) is 0 Å². The fraction of sp³-hybridized carbons (Fsp3) is 0.125. The van der Waals surface area contributed by atoms with Gasteiger partial charge in [0.25, 0.3) is 0 Å². The van der Waals surface area contributed by atoms with Gasteiger partial charge in [-0.15, -0.1) is 10.2 Å². The van der Waals surface area contributed by atoms with Crippen LogP contribution in [0.2, 0.25) is 0 Å². The monoisotopic (exact) mass is 586 g/mol. The van der Waals surface area contributed by atoms with E-state index >= 15 is 0 Å². The van der Waals surface area contributed by atoms with E-state index in [4.69, 9.17) is 0 Å². The molecule has 4 aromatic rings. The van der Waals surface area contributed by atoms with Gasteiger partial charge in [-0.3, -0.25) is 9.36 Å². The first kappa shape index (κ1) is 23.5. The number of thioether (sulfide) groups is 1. The molecule has 9 heteroatoms. The average Bonchev–Trinajstić information content (AvgIpc) is 3.19. The number of carbonyl (C=O) groups is 1. The molecule has 0 fully saturated rings. The Morgan fingerprint density at radius 3 is 2.61 bits per heavy atom. The molecule has 0 aliphatic carbocycles. The molecule has 1 aromatic heterocycles. The summed E-state index contributed by atoms with van der Waals surface area (Å²) in [5.74, 6) is 0.581. The Morgan fingerprint density at radius 2 is 1.85 bits per heavy atom. The second kappa shape index (κ2) is 10.1. The Hall–Kier alpha value is -2.62. The second-order valence-electron chi connectivity index (χ2n) is 7.41. The van der Waals surface area contributed by atoms with Crippen LogP contribution < -0.4 is 5.32 Å². The molecule has 168 valence electrons. The Morgan fingerprint density at radius 1 is 1.06 bits per heavy atom. The van der Waals surface area contributed by atoms with Crippen molar-refractivity contribution in [1.29, 1.82) is 0 Å². The number of aryl methyl sites for hydroxylation is 2. The maximum atomic E-state index is 12.6. The number of carbonyl (C=O) groups excluding carboxylic acids is 1. The molecule has 3 aromatic carbocycles. The number of amides is 1. The molecule has 33 heavy (non-hydrogen) atoms. The first-order valence-corrected chi connectivity index (χ1v) is 12.6. The van der Waals surface area contributed by atoms with Crippen molar-refractivity contribution in [2.45, 2.75) is 19.0 Å². The number of benzene rings is 3. The molecular weight excluding hydrogens is 568 g/mol. The topological polar surface area (TPSA) is 80.0 Å². The van der Waals surface area contributed by atoms with Crippen LogP contribution in [-0.4, -0.2) is 31.5 Å². The van der Waals surface area contributed by atoms with E-state index in [0.29, 0.717) is 22.2 Å². The standard InChI is InChI=1S/C24H20Br2N4O2S/c1-14-7-9-20(15(2)11-14)30-23(17-12-16(25)8-10-21(17)31)28-29-24(30)33-13-22(32)27-19-6-4-3-5-18(19)26/h3-12,31H,13H2,1-2H3,(H,27,32). The maximum Gasteiger partial charge on any atom is 0.234 e. The molecule has 1 heterocycles. The largest absolute Gasteiger partial charge is 0.507 e. The van der Waals surface area contributed by atoms with E-state index in [2.05, 4.69) is 53.4 Å². The number of para-hydroxylation sites is 1. The first-order valence-electron chi connectivity index (χ1n) is 10.0. The number of hydrogen-bond donors (Lipinski definition) is 2. The number of phenols is 1. The molecule has 0 saturated carbocycles. The molecule has 1 amide bonds. The van der Waals surface area contributed by atoms with Crippen LogP contribution in [0.5, 0.6) is 5.75 Å². The van der Waals surface area contributed by atoms with Crippen molar-refractivity contribution in [3.63, 3.8) is 0 Å². The van der Waals surface area contributed by atoms with E-state index in [9.17, 15) is 9.90 Å². The maximum absolute atomic E-state index is 12.6. The number of rotatable bonds is 6. The van der Waals surface area contributed by atoms with Crippen molar-refractivity contribution >= 4 is 55.2 Å². The number of anilines is 1. The number of nitrogens with zero attached hydrogens (tertiary/aromatic N) is 3. The minimum absolute atomic E-state index is 0.0971. The van der Waals surface area contributed by atoms with Gasteiger partial charge in [0, 0.05) is 8.95 Å². The molecule has 0 atom stereocenters. The average molecular weight is 588 g/mol. The van der Waals surface area contributed by atoms with Gasteiger partial charge in [-0.05, 0) is 71.7 Å². The van der Waals surface area contributed by atoms with E-state index in [0.717, 1.165) is 25.8 Å². The van der Waals surface area contributed by atoms with Gasteiger partial charge in [0.15, 0.2) is 11.0 Å². The van der Waals surface area contributed by atoms with E-state index in [-0.39, 0.29) is 17.4 Å². The number of halogens is 2. The van der Waals surface area contributed by atoms with Gasteiger partial charge in [-0.2, -0.15) is 0 Å². The van der Waals surface area contributed by atoms with Crippen molar-refractivity contribution < 1.29 is 9.90 Å². The predicted molar refractivity (Wildman–Crippen MR) is 139 cm³/mol. The van der Waals surface area contributed by atoms with Crippen molar-refractivity contribution in [2.75, 3.05) is 11.1 Å². The lowest BCUT2D eigenvalue weighted by Crippen LogP contribution is -2.15. The lowest BCUT2D eigenvalue weighted by atomic mass is 10.1. The summed E-state index contributed by atoms with van der Waals surface area (Å²) in [5.41, 5.74) is 4.30. The van der Waals surface area contributed by atoms with Crippen LogP contribution in [0.3, 0.4) is 0 Å². The van der Waals surface area contributed by atoms with E-state index in [1.807, 2.05) is 54.8 Å². The third-order valence-electron chi connectivity index (χ3n) is 4.91. The van der Waals surface area contributed by atoms with E-state index < -0.39 is 0 Å². The summed E-state index contributed by atoms with van der Waals surface area (Å²) in [6.45, 7) is 4.05. The second-order valence-corrected chi connectivity index (χ2v) is 10.1. The number of aromatic hydroxyl groups is 1. The molecule has 0 aliphatic heterocycles. The summed E-state index contributed by atoms with van der Waals surface area (Å²) >= 11 is 8.19. The SMILES string of the molecule is Cc1ccc(-n2c(SCC(=O)Nc3ccccc3Br)nnc2-c2cc(Br)ccc2O)c(C)c1. The smallest absolute Gasteiger partial charge is 0.234 e. The summed E-state index contributed by atoms with van der Waals surface area (Å²) in [5, 5.41) is 22.7. The first-order chi connectivity index (χ1) is 15.8. The quantitative estimate of drug-likeness (QED) is 0.251. The molecule has 0 aliphatic rings. The zero-order valence-electron chi connectivity index (χ0n) is 17.8. The molecule has 0 saturated heterocycles. The van der Waals surface area contributed by atoms with Crippen molar-refractivity contribution in [3.05, 3.63) is 80.7 Å². The highest BCUT2D eigenvalue weighted by Gasteiger charge is 2.21. The Bertz CT molecular complexity index is 1340. The van der Waals surface area contributed by atoms with Crippen LogP contribution >= 0.6 is 43.6 Å². The van der Waals surface area contributed by atoms with Crippen LogP contribution in [0, 0.1) is 13.8 Å². The zero-order valence-corrected chi connectivity index (χ0v) is 21.8. The van der Waals surface area contributed by atoms with Gasteiger partial charge < -0.3 is 10.4 Å². The summed E-state index contributed by atoms with van der Waals surface area (Å²) < 4.78 is 3.51. The Labute approximate surface area is 212 Å². The van der Waals surface area contributed by atoms with Crippen LogP contribution in [0.4, 0.5) is 5.69 Å². The Balaban J connectivity index is 1.69. The molecule has 0 bridgehead atoms. The summed E-state index contributed by atoms with van der Waals surface area (Å²) in [6, 6.07) is 18.7. The Kier molecular flexibility index (Phi) is 7.21. The number of aromatic nitrogens is 3. The van der Waals surface area contributed by atoms with Crippen molar-refractivity contribution in [1.82, 2.24) is 14.8 Å². The van der Waals surface area contributed by atoms with Crippen molar-refractivity contribution in [2.24, 2.45) is 0 Å². The van der Waals surface area contributed by atoms with Crippen LogP contribution in [-0.2, 0) is 4.79 Å². The van der Waals surface area contributed by atoms with Gasteiger partial charge in [0.1, 0.15) is 5.75 Å². The summed E-state index contributed by atoms with van der Waals surface area (Å²) in [7, 11) is 0. The summed E-state index contributed by atoms with van der Waals surface area (Å²) in [4.78, 5) is 12.6. The highest BCUT2D eigenvalue weighted by Crippen LogP contribution is 2.35. The molecule has 6 nitrogen and oxygen atoms in total. The van der Waals surface area contributed by atoms with Crippen LogP contribution in [0.1, 0.15) is 11.1 Å². The summed E-state index contributed by atoms with van der Waals surface area (Å²) in [6.07, 6.45) is 0. The van der Waals surface area contributed by atoms with Crippen LogP contribution in [0.15, 0.2) is 74.8 Å². The van der Waals surface area contributed by atoms with E-state index in [1.165, 1.54) is 11.8 Å².